The molecule has 0 radical (unpaired) electrons. The number of hydrogen-bond donors (Lipinski definition) is 1. The average molecular weight is 278 g/mol. The molecule has 1 aromatic heterocycles. The van der Waals surface area contributed by atoms with Crippen LogP contribution < -0.4 is 5.32 Å². The van der Waals surface area contributed by atoms with Crippen LogP contribution in [0.3, 0.4) is 0 Å². The lowest BCUT2D eigenvalue weighted by molar-refractivity contribution is 0.748. The van der Waals surface area contributed by atoms with E-state index in [1.165, 1.54) is 16.9 Å². The van der Waals surface area contributed by atoms with Gasteiger partial charge in [-0.1, -0.05) is 60.2 Å². The first kappa shape index (κ1) is 12.9. The van der Waals surface area contributed by atoms with Crippen LogP contribution in [0.4, 0.5) is 5.13 Å². The zero-order valence-corrected chi connectivity index (χ0v) is 11.4. The molecule has 1 heterocycles. The van der Waals surface area contributed by atoms with Gasteiger partial charge in [0.25, 0.3) is 0 Å². The largest absolute Gasteiger partial charge is 0.355 e. The number of hydrogen-bond acceptors (Lipinski definition) is 4. The molecule has 18 heavy (non-hydrogen) atoms. The van der Waals surface area contributed by atoms with E-state index >= 15 is 0 Å². The van der Waals surface area contributed by atoms with Gasteiger partial charge in [-0.25, -0.2) is 4.98 Å². The summed E-state index contributed by atoms with van der Waals surface area (Å²) in [5.74, 6) is 0. The van der Waals surface area contributed by atoms with Gasteiger partial charge in [-0.15, -0.1) is 0 Å². The normalized spacial score (nSPS) is 11.8. The highest BCUT2D eigenvalue weighted by atomic mass is 35.5. The lowest BCUT2D eigenvalue weighted by atomic mass is 10.1. The summed E-state index contributed by atoms with van der Waals surface area (Å²) >= 11 is 7.14. The van der Waals surface area contributed by atoms with E-state index in [2.05, 4.69) is 29.4 Å². The van der Waals surface area contributed by atoms with Crippen LogP contribution in [0.25, 0.3) is 0 Å². The van der Waals surface area contributed by atoms with Gasteiger partial charge in [-0.05, 0) is 12.0 Å². The molecule has 0 aliphatic heterocycles. The number of rotatable bonds is 4. The Kier molecular flexibility index (Phi) is 4.19. The third-order valence-electron chi connectivity index (χ3n) is 2.60. The minimum atomic E-state index is 0.181. The average Bonchev–Trinajstić information content (AvgIpc) is 2.77. The molecule has 1 aromatic carbocycles. The number of anilines is 1. The Morgan fingerprint density at radius 1 is 1.44 bits per heavy atom. The van der Waals surface area contributed by atoms with E-state index in [-0.39, 0.29) is 11.2 Å². The van der Waals surface area contributed by atoms with Crippen LogP contribution in [0.5, 0.6) is 0 Å². The van der Waals surface area contributed by atoms with Crippen molar-refractivity contribution in [3.8, 4) is 6.07 Å². The molecule has 0 fully saturated rings. The Labute approximate surface area is 115 Å². The second kappa shape index (κ2) is 5.85. The highest BCUT2D eigenvalue weighted by molar-refractivity contribution is 7.16. The third-order valence-corrected chi connectivity index (χ3v) is 3.87. The predicted octanol–water partition coefficient (Wildman–Crippen LogP) is 4.23. The van der Waals surface area contributed by atoms with Crippen molar-refractivity contribution in [3.63, 3.8) is 0 Å². The van der Waals surface area contributed by atoms with Gasteiger partial charge in [0.15, 0.2) is 10.3 Å². The van der Waals surface area contributed by atoms with Crippen LogP contribution >= 0.6 is 22.9 Å². The van der Waals surface area contributed by atoms with Crippen LogP contribution in [0.1, 0.15) is 29.8 Å². The van der Waals surface area contributed by atoms with Crippen molar-refractivity contribution < 1.29 is 0 Å². The van der Waals surface area contributed by atoms with E-state index in [0.717, 1.165) is 6.42 Å². The molecule has 0 bridgehead atoms. The number of nitrogens with one attached hydrogen (secondary N) is 1. The topological polar surface area (TPSA) is 48.7 Å². The summed E-state index contributed by atoms with van der Waals surface area (Å²) in [5.41, 5.74) is 1.20. The smallest absolute Gasteiger partial charge is 0.185 e. The van der Waals surface area contributed by atoms with Crippen LogP contribution in [0, 0.1) is 11.3 Å². The van der Waals surface area contributed by atoms with Gasteiger partial charge in [0.2, 0.25) is 0 Å². The van der Waals surface area contributed by atoms with E-state index in [4.69, 9.17) is 16.9 Å². The maximum Gasteiger partial charge on any atom is 0.185 e. The summed E-state index contributed by atoms with van der Waals surface area (Å²) in [6, 6.07) is 12.4. The van der Waals surface area contributed by atoms with E-state index in [1.807, 2.05) is 24.3 Å². The molecule has 92 valence electrons. The number of nitrogens with zero attached hydrogens (tertiary/aromatic N) is 2. The Morgan fingerprint density at radius 3 is 2.72 bits per heavy atom. The van der Waals surface area contributed by atoms with E-state index in [0.29, 0.717) is 10.0 Å². The molecule has 0 amide bonds. The van der Waals surface area contributed by atoms with Crippen molar-refractivity contribution in [2.75, 3.05) is 5.32 Å². The molecule has 1 unspecified atom stereocenters. The first-order valence-electron chi connectivity index (χ1n) is 5.62. The SMILES string of the molecule is CCC(Nc1nc(Cl)c(C#N)s1)c1ccccc1. The van der Waals surface area contributed by atoms with E-state index in [9.17, 15) is 0 Å². The lowest BCUT2D eigenvalue weighted by Gasteiger charge is -2.16. The fourth-order valence-corrected chi connectivity index (χ4v) is 2.69. The molecular weight excluding hydrogens is 266 g/mol. The Balaban J connectivity index is 2.18. The van der Waals surface area contributed by atoms with E-state index in [1.54, 1.807) is 0 Å². The van der Waals surface area contributed by atoms with Crippen molar-refractivity contribution >= 4 is 28.1 Å². The monoisotopic (exact) mass is 277 g/mol. The zero-order chi connectivity index (χ0) is 13.0. The first-order chi connectivity index (χ1) is 8.74. The summed E-state index contributed by atoms with van der Waals surface area (Å²) in [6.07, 6.45) is 0.934. The molecule has 0 saturated carbocycles. The van der Waals surface area contributed by atoms with Crippen molar-refractivity contribution in [1.29, 1.82) is 5.26 Å². The molecule has 1 N–H and O–H groups in total. The summed E-state index contributed by atoms with van der Waals surface area (Å²) in [7, 11) is 0. The fraction of sp³-hybridized carbons (Fsp3) is 0.231. The van der Waals surface area contributed by atoms with E-state index < -0.39 is 0 Å². The minimum absolute atomic E-state index is 0.181. The van der Waals surface area contributed by atoms with Gasteiger partial charge in [-0.2, -0.15) is 5.26 Å². The second-order valence-electron chi connectivity index (χ2n) is 3.77. The maximum atomic E-state index is 8.85. The zero-order valence-electron chi connectivity index (χ0n) is 9.85. The molecule has 1 atom stereocenters. The second-order valence-corrected chi connectivity index (χ2v) is 5.12. The summed E-state index contributed by atoms with van der Waals surface area (Å²) in [5, 5.41) is 13.1. The molecule has 0 saturated heterocycles. The van der Waals surface area contributed by atoms with Gasteiger partial charge >= 0.3 is 0 Å². The molecule has 3 nitrogen and oxygen atoms in total. The van der Waals surface area contributed by atoms with Gasteiger partial charge in [0.1, 0.15) is 10.9 Å². The van der Waals surface area contributed by atoms with Gasteiger partial charge < -0.3 is 5.32 Å². The van der Waals surface area contributed by atoms with Crippen molar-refractivity contribution in [2.45, 2.75) is 19.4 Å². The molecule has 2 rings (SSSR count). The predicted molar refractivity (Wildman–Crippen MR) is 74.9 cm³/mol. The number of nitriles is 1. The quantitative estimate of drug-likeness (QED) is 0.910. The number of benzene rings is 1. The molecule has 0 spiro atoms. The van der Waals surface area contributed by atoms with Gasteiger partial charge in [-0.3, -0.25) is 0 Å². The van der Waals surface area contributed by atoms with Crippen LogP contribution in [0.2, 0.25) is 5.15 Å². The fourth-order valence-electron chi connectivity index (χ4n) is 1.69. The summed E-state index contributed by atoms with van der Waals surface area (Å²) in [6.45, 7) is 2.10. The highest BCUT2D eigenvalue weighted by Gasteiger charge is 2.13. The maximum absolute atomic E-state index is 8.85. The number of halogens is 1. The number of thiazole rings is 1. The van der Waals surface area contributed by atoms with Gasteiger partial charge in [0, 0.05) is 0 Å². The molecule has 5 heteroatoms. The Bertz CT molecular complexity index is 559. The van der Waals surface area contributed by atoms with Crippen LogP contribution in [0.15, 0.2) is 30.3 Å². The van der Waals surface area contributed by atoms with Crippen LogP contribution in [-0.2, 0) is 0 Å². The standard InChI is InChI=1S/C13H12ClN3S/c1-2-10(9-6-4-3-5-7-9)16-13-17-12(14)11(8-15)18-13/h3-7,10H,2H2,1H3,(H,16,17). The molecular formula is C13H12ClN3S. The Morgan fingerprint density at radius 2 is 2.17 bits per heavy atom. The lowest BCUT2D eigenvalue weighted by Crippen LogP contribution is -2.09. The minimum Gasteiger partial charge on any atom is -0.355 e. The molecule has 0 aliphatic carbocycles. The molecule has 2 aromatic rings. The first-order valence-corrected chi connectivity index (χ1v) is 6.82. The van der Waals surface area contributed by atoms with Gasteiger partial charge in [0.05, 0.1) is 6.04 Å². The van der Waals surface area contributed by atoms with Crippen molar-refractivity contribution in [3.05, 3.63) is 45.9 Å². The Hall–Kier alpha value is -1.57. The van der Waals surface area contributed by atoms with Crippen molar-refractivity contribution in [1.82, 2.24) is 4.98 Å². The van der Waals surface area contributed by atoms with Crippen LogP contribution in [-0.4, -0.2) is 4.98 Å². The summed E-state index contributed by atoms with van der Waals surface area (Å²) < 4.78 is 0. The molecule has 0 aliphatic rings. The summed E-state index contributed by atoms with van der Waals surface area (Å²) in [4.78, 5) is 4.59. The van der Waals surface area contributed by atoms with Crippen molar-refractivity contribution in [2.24, 2.45) is 0 Å². The third kappa shape index (κ3) is 2.81. The highest BCUT2D eigenvalue weighted by Crippen LogP contribution is 2.29. The number of aromatic nitrogens is 1.